The van der Waals surface area contributed by atoms with Crippen molar-refractivity contribution >= 4 is 59.0 Å². The predicted octanol–water partition coefficient (Wildman–Crippen LogP) is -0.591. The summed E-state index contributed by atoms with van der Waals surface area (Å²) < 4.78 is 0. The molecule has 2 aromatic heterocycles. The van der Waals surface area contributed by atoms with E-state index < -0.39 is 66.2 Å². The first kappa shape index (κ1) is 36.2. The Bertz CT molecular complexity index is 1760. The van der Waals surface area contributed by atoms with E-state index in [1.165, 1.54) is 19.4 Å². The van der Waals surface area contributed by atoms with Crippen molar-refractivity contribution in [1.29, 1.82) is 0 Å². The number of nitrogens with two attached hydrogens (primary N) is 1. The van der Waals surface area contributed by atoms with Crippen LogP contribution in [0.15, 0.2) is 73.3 Å². The summed E-state index contributed by atoms with van der Waals surface area (Å²) in [4.78, 5) is 86.6. The van der Waals surface area contributed by atoms with E-state index in [9.17, 15) is 28.8 Å². The zero-order chi connectivity index (χ0) is 35.3. The Morgan fingerprint density at radius 1 is 0.776 bits per heavy atom. The fourth-order valence-corrected chi connectivity index (χ4v) is 5.40. The van der Waals surface area contributed by atoms with Crippen molar-refractivity contribution in [3.05, 3.63) is 90.1 Å². The van der Waals surface area contributed by atoms with Crippen molar-refractivity contribution in [2.24, 2.45) is 5.73 Å². The number of rotatable bonds is 17. The van der Waals surface area contributed by atoms with Crippen LogP contribution in [0, 0.1) is 0 Å². The summed E-state index contributed by atoms with van der Waals surface area (Å²) in [5.41, 5.74) is 8.55. The fourth-order valence-electron chi connectivity index (χ4n) is 5.15. The van der Waals surface area contributed by atoms with Gasteiger partial charge in [0.05, 0.1) is 12.9 Å². The first-order valence-corrected chi connectivity index (χ1v) is 16.1. The summed E-state index contributed by atoms with van der Waals surface area (Å²) in [7, 11) is 0. The third-order valence-electron chi connectivity index (χ3n) is 7.60. The summed E-state index contributed by atoms with van der Waals surface area (Å²) in [6.45, 7) is 0.744. The van der Waals surface area contributed by atoms with Gasteiger partial charge in [0.1, 0.15) is 24.2 Å². The molecule has 0 bridgehead atoms. The molecule has 0 spiro atoms. The summed E-state index contributed by atoms with van der Waals surface area (Å²) in [6.07, 6.45) is 4.94. The molecule has 4 rings (SSSR count). The minimum atomic E-state index is -1.16. The lowest BCUT2D eigenvalue weighted by Gasteiger charge is -2.23. The number of nitrogens with one attached hydrogen (secondary N) is 7. The topological polar surface area (TPSA) is 233 Å². The number of carbonyl (C=O) groups is 6. The summed E-state index contributed by atoms with van der Waals surface area (Å²) >= 11 is 4.18. The van der Waals surface area contributed by atoms with Crippen molar-refractivity contribution in [1.82, 2.24) is 41.5 Å². The first-order valence-electron chi connectivity index (χ1n) is 15.4. The number of imidazole rings is 1. The maximum absolute atomic E-state index is 13.3. The number of thiol groups is 1. The van der Waals surface area contributed by atoms with Gasteiger partial charge in [-0.25, -0.2) is 4.98 Å². The Labute approximate surface area is 287 Å². The maximum atomic E-state index is 13.3. The largest absolute Gasteiger partial charge is 0.368 e. The summed E-state index contributed by atoms with van der Waals surface area (Å²) in [5.74, 6) is -4.01. The Morgan fingerprint density at radius 3 is 2.12 bits per heavy atom. The molecule has 9 N–H and O–H groups in total. The molecule has 0 saturated heterocycles. The fraction of sp³-hybridized carbons (Fsp3) is 0.303. The van der Waals surface area contributed by atoms with Gasteiger partial charge >= 0.3 is 0 Å². The Kier molecular flexibility index (Phi) is 12.9. The summed E-state index contributed by atoms with van der Waals surface area (Å²) in [6, 6.07) is 12.2. The highest BCUT2D eigenvalue weighted by Crippen LogP contribution is 2.19. The number of aromatic amines is 2. The number of primary amides is 1. The number of aromatic nitrogens is 3. The van der Waals surface area contributed by atoms with E-state index in [1.807, 2.05) is 42.5 Å². The van der Waals surface area contributed by atoms with Crippen LogP contribution in [0.25, 0.3) is 10.9 Å². The van der Waals surface area contributed by atoms with E-state index in [0.29, 0.717) is 5.69 Å². The number of H-pyrrole nitrogens is 2. The smallest absolute Gasteiger partial charge is 0.244 e. The van der Waals surface area contributed by atoms with Gasteiger partial charge in [0.15, 0.2) is 0 Å². The van der Waals surface area contributed by atoms with Gasteiger partial charge in [-0.2, -0.15) is 12.6 Å². The van der Waals surface area contributed by atoms with Crippen LogP contribution >= 0.6 is 12.6 Å². The number of amides is 6. The molecule has 4 aromatic rings. The standard InChI is InChI=1S/C33H39N9O6S/c1-19(43)39-26(11-20-7-3-2-4-8-20)32(47)42-27(13-22-15-35-18-38-22)31(46)37-16-29(44)40-28(17-49)33(48)41-25(30(34)45)12-21-14-36-24-10-6-5-9-23(21)24/h2-10,14-15,18,25-28,36,49H,11-13,16-17H2,1H3,(H2,34,45)(H,35,38)(H,37,46)(H,39,43)(H,40,44)(H,41,48)(H,42,47)/t25-,26+,27-,28-/m0/s1. The van der Waals surface area contributed by atoms with Crippen LogP contribution in [0.4, 0.5) is 0 Å². The lowest BCUT2D eigenvalue weighted by Crippen LogP contribution is -2.57. The molecule has 6 amide bonds. The second-order valence-corrected chi connectivity index (χ2v) is 11.7. The van der Waals surface area contributed by atoms with Crippen LogP contribution in [0.3, 0.4) is 0 Å². The van der Waals surface area contributed by atoms with Gasteiger partial charge in [-0.1, -0.05) is 48.5 Å². The number of hydrogen-bond acceptors (Lipinski definition) is 8. The molecule has 4 atom stereocenters. The molecular weight excluding hydrogens is 650 g/mol. The van der Waals surface area contributed by atoms with E-state index in [2.05, 4.69) is 54.2 Å². The lowest BCUT2D eigenvalue weighted by molar-refractivity contribution is -0.133. The van der Waals surface area contributed by atoms with Gasteiger partial charge in [0, 0.05) is 60.9 Å². The van der Waals surface area contributed by atoms with E-state index in [-0.39, 0.29) is 25.0 Å². The van der Waals surface area contributed by atoms with Crippen LogP contribution < -0.4 is 32.3 Å². The third-order valence-corrected chi connectivity index (χ3v) is 7.97. The number of hydrogen-bond donors (Lipinski definition) is 9. The molecule has 2 heterocycles. The molecule has 15 nitrogen and oxygen atoms in total. The highest BCUT2D eigenvalue weighted by atomic mass is 32.1. The van der Waals surface area contributed by atoms with Gasteiger partial charge in [-0.05, 0) is 17.2 Å². The van der Waals surface area contributed by atoms with Gasteiger partial charge in [0.2, 0.25) is 35.4 Å². The Hall–Kier alpha value is -5.64. The van der Waals surface area contributed by atoms with Crippen molar-refractivity contribution in [3.63, 3.8) is 0 Å². The minimum Gasteiger partial charge on any atom is -0.368 e. The number of fused-ring (bicyclic) bond motifs is 1. The third kappa shape index (κ3) is 10.7. The van der Waals surface area contributed by atoms with Crippen LogP contribution in [0.5, 0.6) is 0 Å². The molecule has 2 aromatic carbocycles. The van der Waals surface area contributed by atoms with E-state index >= 15 is 0 Å². The molecule has 0 aliphatic carbocycles. The van der Waals surface area contributed by atoms with Crippen LogP contribution in [0.2, 0.25) is 0 Å². The average Bonchev–Trinajstić information content (AvgIpc) is 3.75. The summed E-state index contributed by atoms with van der Waals surface area (Å²) in [5, 5.41) is 13.7. The molecule has 0 saturated carbocycles. The van der Waals surface area contributed by atoms with Crippen molar-refractivity contribution in [2.45, 2.75) is 50.4 Å². The quantitative estimate of drug-likeness (QED) is 0.0654. The molecule has 258 valence electrons. The monoisotopic (exact) mass is 689 g/mol. The van der Waals surface area contributed by atoms with Gasteiger partial charge in [-0.3, -0.25) is 28.8 Å². The van der Waals surface area contributed by atoms with Crippen molar-refractivity contribution in [2.75, 3.05) is 12.3 Å². The normalized spacial score (nSPS) is 13.3. The minimum absolute atomic E-state index is 0.00390. The average molecular weight is 690 g/mol. The Balaban J connectivity index is 1.36. The zero-order valence-electron chi connectivity index (χ0n) is 26.7. The van der Waals surface area contributed by atoms with Gasteiger partial charge < -0.3 is 42.3 Å². The molecular formula is C33H39N9O6S. The van der Waals surface area contributed by atoms with E-state index in [4.69, 9.17) is 5.73 Å². The second kappa shape index (κ2) is 17.5. The lowest BCUT2D eigenvalue weighted by atomic mass is 10.0. The first-order chi connectivity index (χ1) is 23.5. The van der Waals surface area contributed by atoms with Crippen LogP contribution in [0.1, 0.15) is 23.7 Å². The molecule has 0 fully saturated rings. The van der Waals surface area contributed by atoms with Crippen molar-refractivity contribution in [3.8, 4) is 0 Å². The number of nitrogens with zero attached hydrogens (tertiary/aromatic N) is 1. The molecule has 0 aliphatic heterocycles. The molecule has 0 unspecified atom stereocenters. The number of benzene rings is 2. The molecule has 49 heavy (non-hydrogen) atoms. The predicted molar refractivity (Wildman–Crippen MR) is 184 cm³/mol. The molecule has 0 radical (unpaired) electrons. The Morgan fingerprint density at radius 2 is 1.45 bits per heavy atom. The second-order valence-electron chi connectivity index (χ2n) is 11.3. The van der Waals surface area contributed by atoms with E-state index in [1.54, 1.807) is 18.3 Å². The SMILES string of the molecule is CC(=O)N[C@H](Cc1ccccc1)C(=O)N[C@@H](Cc1cnc[nH]1)C(=O)NCC(=O)N[C@@H](CS)C(=O)N[C@@H](Cc1c[nH]c2ccccc12)C(N)=O. The van der Waals surface area contributed by atoms with Gasteiger partial charge in [0.25, 0.3) is 0 Å². The maximum Gasteiger partial charge on any atom is 0.244 e. The van der Waals surface area contributed by atoms with Crippen LogP contribution in [-0.4, -0.2) is 86.9 Å². The highest BCUT2D eigenvalue weighted by molar-refractivity contribution is 7.80. The van der Waals surface area contributed by atoms with E-state index in [0.717, 1.165) is 22.0 Å². The highest BCUT2D eigenvalue weighted by Gasteiger charge is 2.29. The zero-order valence-corrected chi connectivity index (χ0v) is 27.6. The number of para-hydroxylation sites is 1. The molecule has 0 aliphatic rings. The number of carbonyl (C=O) groups excluding carboxylic acids is 6. The van der Waals surface area contributed by atoms with Crippen LogP contribution in [-0.2, 0) is 48.0 Å². The van der Waals surface area contributed by atoms with Gasteiger partial charge in [-0.15, -0.1) is 0 Å². The molecule has 16 heteroatoms. The van der Waals surface area contributed by atoms with Crippen molar-refractivity contribution < 1.29 is 28.8 Å².